The maximum atomic E-state index is 14.4. The molecule has 0 radical (unpaired) electrons. The topological polar surface area (TPSA) is 56.3 Å². The number of aromatic nitrogens is 1. The van der Waals surface area contributed by atoms with Crippen molar-refractivity contribution in [3.8, 4) is 0 Å². The van der Waals surface area contributed by atoms with Gasteiger partial charge in [-0.2, -0.15) is 0 Å². The molecule has 0 bridgehead atoms. The van der Waals surface area contributed by atoms with Crippen molar-refractivity contribution in [2.75, 3.05) is 6.61 Å². The summed E-state index contributed by atoms with van der Waals surface area (Å²) < 4.78 is 19.5. The molecule has 148 valence electrons. The van der Waals surface area contributed by atoms with Crippen LogP contribution in [0.5, 0.6) is 0 Å². The van der Waals surface area contributed by atoms with Gasteiger partial charge in [0.25, 0.3) is 0 Å². The van der Waals surface area contributed by atoms with Crippen LogP contribution in [0.15, 0.2) is 54.9 Å². The Balaban J connectivity index is 1.78. The van der Waals surface area contributed by atoms with Crippen molar-refractivity contribution in [3.63, 3.8) is 0 Å². The highest BCUT2D eigenvalue weighted by Crippen LogP contribution is 2.47. The fourth-order valence-corrected chi connectivity index (χ4v) is 4.47. The number of halogens is 1. The van der Waals surface area contributed by atoms with E-state index in [9.17, 15) is 14.0 Å². The summed E-state index contributed by atoms with van der Waals surface area (Å²) in [7, 11) is 0. The second kappa shape index (κ2) is 7.74. The first-order valence-electron chi connectivity index (χ1n) is 9.88. The van der Waals surface area contributed by atoms with Gasteiger partial charge in [-0.25, -0.2) is 4.39 Å². The highest BCUT2D eigenvalue weighted by Gasteiger charge is 2.47. The van der Waals surface area contributed by atoms with Gasteiger partial charge in [0, 0.05) is 29.8 Å². The highest BCUT2D eigenvalue weighted by atomic mass is 19.1. The average molecular weight is 391 g/mol. The molecular weight excluding hydrogens is 369 g/mol. The quantitative estimate of drug-likeness (QED) is 0.544. The normalized spacial score (nSPS) is 17.7. The van der Waals surface area contributed by atoms with Crippen LogP contribution in [-0.4, -0.2) is 23.3 Å². The molecule has 0 saturated carbocycles. The lowest BCUT2D eigenvalue weighted by Gasteiger charge is -2.29. The van der Waals surface area contributed by atoms with Gasteiger partial charge < -0.3 is 4.74 Å². The third-order valence-electron chi connectivity index (χ3n) is 5.73. The van der Waals surface area contributed by atoms with E-state index in [0.29, 0.717) is 42.2 Å². The molecule has 1 aliphatic carbocycles. The van der Waals surface area contributed by atoms with Gasteiger partial charge in [-0.15, -0.1) is 0 Å². The first-order chi connectivity index (χ1) is 14.1. The first-order valence-corrected chi connectivity index (χ1v) is 9.88. The lowest BCUT2D eigenvalue weighted by molar-refractivity contribution is -0.143. The van der Waals surface area contributed by atoms with Crippen LogP contribution in [0.3, 0.4) is 0 Å². The summed E-state index contributed by atoms with van der Waals surface area (Å²) >= 11 is 0. The summed E-state index contributed by atoms with van der Waals surface area (Å²) in [5.74, 6) is -0.604. The molecule has 5 heteroatoms. The molecule has 0 fully saturated rings. The number of nitrogens with zero attached hydrogens (tertiary/aromatic N) is 1. The SMILES string of the molecule is CCOC(=O)CCCC1(Cc2ccncc2)C(=O)c2ccc(F)c3cccc1c23. The Bertz CT molecular complexity index is 1080. The largest absolute Gasteiger partial charge is 0.466 e. The molecule has 0 aliphatic heterocycles. The molecule has 2 aromatic carbocycles. The molecule has 3 aromatic rings. The van der Waals surface area contributed by atoms with E-state index in [1.54, 1.807) is 37.5 Å². The summed E-state index contributed by atoms with van der Waals surface area (Å²) in [6, 6.07) is 12.2. The van der Waals surface area contributed by atoms with Crippen molar-refractivity contribution in [2.45, 2.75) is 38.0 Å². The number of carbonyl (C=O) groups is 2. The summed E-state index contributed by atoms with van der Waals surface area (Å²) in [6.07, 6.45) is 5.14. The highest BCUT2D eigenvalue weighted by molar-refractivity contribution is 6.20. The summed E-state index contributed by atoms with van der Waals surface area (Å²) in [5, 5.41) is 1.16. The van der Waals surface area contributed by atoms with Crippen molar-refractivity contribution in [2.24, 2.45) is 0 Å². The van der Waals surface area contributed by atoms with Crippen molar-refractivity contribution in [3.05, 3.63) is 77.4 Å². The Morgan fingerprint density at radius 1 is 1.14 bits per heavy atom. The van der Waals surface area contributed by atoms with Crippen LogP contribution >= 0.6 is 0 Å². The molecule has 1 aliphatic rings. The summed E-state index contributed by atoms with van der Waals surface area (Å²) in [4.78, 5) is 29.6. The number of ketones is 1. The Kier molecular flexibility index (Phi) is 5.14. The number of esters is 1. The van der Waals surface area contributed by atoms with Crippen LogP contribution in [0.2, 0.25) is 0 Å². The smallest absolute Gasteiger partial charge is 0.305 e. The van der Waals surface area contributed by atoms with E-state index >= 15 is 0 Å². The second-order valence-electron chi connectivity index (χ2n) is 7.43. The molecule has 4 rings (SSSR count). The number of carbonyl (C=O) groups excluding carboxylic acids is 2. The van der Waals surface area contributed by atoms with Crippen LogP contribution in [0.1, 0.15) is 47.7 Å². The second-order valence-corrected chi connectivity index (χ2v) is 7.43. The Hall–Kier alpha value is -3.08. The third-order valence-corrected chi connectivity index (χ3v) is 5.73. The molecule has 1 atom stereocenters. The standard InChI is InChI=1S/C24H22FNO3/c1-2-29-21(27)7-4-12-24(15-16-10-13-26-14-11-16)19-6-3-5-17-20(25)9-8-18(22(17)19)23(24)28/h3,5-6,8-11,13-14H,2,4,7,12,15H2,1H3. The van der Waals surface area contributed by atoms with E-state index in [2.05, 4.69) is 4.98 Å². The number of benzene rings is 2. The number of hydrogen-bond donors (Lipinski definition) is 0. The van der Waals surface area contributed by atoms with Gasteiger partial charge in [0.1, 0.15) is 5.82 Å². The minimum atomic E-state index is -0.830. The molecule has 1 heterocycles. The molecule has 1 aromatic heterocycles. The fourth-order valence-electron chi connectivity index (χ4n) is 4.47. The van der Waals surface area contributed by atoms with Gasteiger partial charge >= 0.3 is 5.97 Å². The predicted octanol–water partition coefficient (Wildman–Crippen LogP) is 4.78. The van der Waals surface area contributed by atoms with E-state index < -0.39 is 5.41 Å². The average Bonchev–Trinajstić information content (AvgIpc) is 2.95. The zero-order valence-corrected chi connectivity index (χ0v) is 16.3. The van der Waals surface area contributed by atoms with Crippen molar-refractivity contribution < 1.29 is 18.7 Å². The number of pyridine rings is 1. The third kappa shape index (κ3) is 3.31. The van der Waals surface area contributed by atoms with Crippen molar-refractivity contribution in [1.29, 1.82) is 0 Å². The van der Waals surface area contributed by atoms with Crippen LogP contribution in [0.25, 0.3) is 10.8 Å². The molecule has 1 unspecified atom stereocenters. The Labute approximate surface area is 168 Å². The molecule has 0 saturated heterocycles. The van der Waals surface area contributed by atoms with Gasteiger partial charge in [0.15, 0.2) is 5.78 Å². The van der Waals surface area contributed by atoms with Gasteiger partial charge in [-0.3, -0.25) is 14.6 Å². The van der Waals surface area contributed by atoms with Crippen molar-refractivity contribution >= 4 is 22.5 Å². The number of Topliss-reactive ketones (excluding diaryl/α,β-unsaturated/α-hetero) is 1. The van der Waals surface area contributed by atoms with E-state index in [4.69, 9.17) is 4.74 Å². The van der Waals surface area contributed by atoms with Crippen LogP contribution < -0.4 is 0 Å². The zero-order chi connectivity index (χ0) is 20.4. The lowest BCUT2D eigenvalue weighted by atomic mass is 9.71. The van der Waals surface area contributed by atoms with E-state index in [1.807, 2.05) is 18.2 Å². The maximum Gasteiger partial charge on any atom is 0.305 e. The molecule has 29 heavy (non-hydrogen) atoms. The minimum Gasteiger partial charge on any atom is -0.466 e. The molecule has 0 N–H and O–H groups in total. The summed E-state index contributed by atoms with van der Waals surface area (Å²) in [6.45, 7) is 2.11. The van der Waals surface area contributed by atoms with Crippen LogP contribution in [-0.2, 0) is 21.4 Å². The predicted molar refractivity (Wildman–Crippen MR) is 108 cm³/mol. The zero-order valence-electron chi connectivity index (χ0n) is 16.3. The molecule has 0 spiro atoms. The molecule has 0 amide bonds. The Morgan fingerprint density at radius 3 is 2.69 bits per heavy atom. The van der Waals surface area contributed by atoms with E-state index in [0.717, 1.165) is 11.1 Å². The molecule has 4 nitrogen and oxygen atoms in total. The Morgan fingerprint density at radius 2 is 1.93 bits per heavy atom. The molecular formula is C24H22FNO3. The van der Waals surface area contributed by atoms with E-state index in [1.165, 1.54) is 6.07 Å². The fraction of sp³-hybridized carbons (Fsp3) is 0.292. The van der Waals surface area contributed by atoms with Crippen LogP contribution in [0, 0.1) is 5.82 Å². The monoisotopic (exact) mass is 391 g/mol. The van der Waals surface area contributed by atoms with Gasteiger partial charge in [0.2, 0.25) is 0 Å². The lowest BCUT2D eigenvalue weighted by Crippen LogP contribution is -2.35. The summed E-state index contributed by atoms with van der Waals surface area (Å²) in [5.41, 5.74) is 1.55. The van der Waals surface area contributed by atoms with Gasteiger partial charge in [0.05, 0.1) is 12.0 Å². The first kappa shape index (κ1) is 19.2. The number of ether oxygens (including phenoxy) is 1. The van der Waals surface area contributed by atoms with Crippen LogP contribution in [0.4, 0.5) is 4.39 Å². The van der Waals surface area contributed by atoms with Gasteiger partial charge in [-0.1, -0.05) is 18.2 Å². The number of hydrogen-bond acceptors (Lipinski definition) is 4. The van der Waals surface area contributed by atoms with Crippen molar-refractivity contribution in [1.82, 2.24) is 4.98 Å². The van der Waals surface area contributed by atoms with E-state index in [-0.39, 0.29) is 24.0 Å². The number of rotatable bonds is 7. The maximum absolute atomic E-state index is 14.4. The van der Waals surface area contributed by atoms with Gasteiger partial charge in [-0.05, 0) is 67.0 Å². The minimum absolute atomic E-state index is 0.00984.